The highest BCUT2D eigenvalue weighted by molar-refractivity contribution is 5.90. The first kappa shape index (κ1) is 10.7. The number of imidazole rings is 1. The Morgan fingerprint density at radius 2 is 2.22 bits per heavy atom. The highest BCUT2D eigenvalue weighted by Crippen LogP contribution is 2.21. The lowest BCUT2D eigenvalue weighted by molar-refractivity contribution is 0.0593. The Kier molecular flexibility index (Phi) is 2.44. The molecule has 0 atom stereocenters. The first-order valence-corrected chi connectivity index (χ1v) is 5.55. The number of carbonyl (C=O) groups is 1. The Hall–Kier alpha value is -2.43. The van der Waals surface area contributed by atoms with E-state index in [1.54, 1.807) is 6.33 Å². The van der Waals surface area contributed by atoms with Crippen molar-refractivity contribution in [1.82, 2.24) is 9.55 Å². The normalized spacial score (nSPS) is 12.5. The summed E-state index contributed by atoms with van der Waals surface area (Å²) in [5.41, 5.74) is 3.05. The van der Waals surface area contributed by atoms with Crippen LogP contribution in [0, 0.1) is 0 Å². The molecule has 0 unspecified atom stereocenters. The highest BCUT2D eigenvalue weighted by Gasteiger charge is 2.21. The molecule has 0 amide bonds. The van der Waals surface area contributed by atoms with E-state index in [4.69, 9.17) is 4.74 Å². The number of hydrogen-bond donors (Lipinski definition) is 0. The van der Waals surface area contributed by atoms with Crippen molar-refractivity contribution >= 4 is 12.2 Å². The van der Waals surface area contributed by atoms with Crippen molar-refractivity contribution in [2.24, 2.45) is 4.99 Å². The van der Waals surface area contributed by atoms with Crippen molar-refractivity contribution in [1.29, 1.82) is 0 Å². The molecule has 18 heavy (non-hydrogen) atoms. The van der Waals surface area contributed by atoms with Crippen LogP contribution in [0.15, 0.2) is 35.6 Å². The van der Waals surface area contributed by atoms with Crippen LogP contribution < -0.4 is 0 Å². The van der Waals surface area contributed by atoms with Gasteiger partial charge in [-0.15, -0.1) is 0 Å². The van der Waals surface area contributed by atoms with Gasteiger partial charge in [0, 0.05) is 11.8 Å². The van der Waals surface area contributed by atoms with Gasteiger partial charge in [-0.2, -0.15) is 0 Å². The Morgan fingerprint density at radius 1 is 1.39 bits per heavy atom. The number of methoxy groups -OCH3 is 1. The second-order valence-corrected chi connectivity index (χ2v) is 3.93. The number of nitrogens with zero attached hydrogens (tertiary/aromatic N) is 3. The standard InChI is InChI=1S/C13H11N3O2/c1-18-13(17)12-11-7-14-6-9-4-2-3-5-10(9)16(11)8-15-12/h2-6,8H,7H2,1H3. The molecule has 0 bridgehead atoms. The molecule has 0 spiro atoms. The lowest BCUT2D eigenvalue weighted by atomic mass is 10.2. The first-order valence-electron chi connectivity index (χ1n) is 5.55. The predicted octanol–water partition coefficient (Wildman–Crippen LogP) is 1.59. The van der Waals surface area contributed by atoms with Crippen LogP contribution in [-0.2, 0) is 11.3 Å². The zero-order chi connectivity index (χ0) is 12.5. The number of fused-ring (bicyclic) bond motifs is 3. The van der Waals surface area contributed by atoms with Gasteiger partial charge in [-0.1, -0.05) is 18.2 Å². The van der Waals surface area contributed by atoms with E-state index in [0.29, 0.717) is 12.2 Å². The number of rotatable bonds is 1. The number of aliphatic imine (C=N–C) groups is 1. The summed E-state index contributed by atoms with van der Waals surface area (Å²) in [4.78, 5) is 20.1. The SMILES string of the molecule is COC(=O)c1ncn2c1CN=Cc1ccccc1-2. The molecule has 1 aromatic heterocycles. The van der Waals surface area contributed by atoms with Crippen LogP contribution in [0.3, 0.4) is 0 Å². The molecule has 1 aromatic carbocycles. The maximum absolute atomic E-state index is 11.6. The van der Waals surface area contributed by atoms with Gasteiger partial charge in [-0.25, -0.2) is 9.78 Å². The van der Waals surface area contributed by atoms with Crippen molar-refractivity contribution < 1.29 is 9.53 Å². The second kappa shape index (κ2) is 4.10. The van der Waals surface area contributed by atoms with Crippen LogP contribution in [0.2, 0.25) is 0 Å². The molecule has 0 saturated carbocycles. The smallest absolute Gasteiger partial charge is 0.358 e. The molecule has 0 radical (unpaired) electrons. The van der Waals surface area contributed by atoms with Crippen molar-refractivity contribution in [3.8, 4) is 5.69 Å². The van der Waals surface area contributed by atoms with Crippen LogP contribution in [-0.4, -0.2) is 28.8 Å². The van der Waals surface area contributed by atoms with Crippen LogP contribution in [0.5, 0.6) is 0 Å². The Balaban J connectivity index is 2.22. The van der Waals surface area contributed by atoms with Gasteiger partial charge in [-0.05, 0) is 6.07 Å². The maximum atomic E-state index is 11.6. The summed E-state index contributed by atoms with van der Waals surface area (Å²) in [5.74, 6) is -0.432. The number of benzene rings is 1. The molecule has 0 aliphatic carbocycles. The molecule has 0 saturated heterocycles. The predicted molar refractivity (Wildman–Crippen MR) is 66.2 cm³/mol. The van der Waals surface area contributed by atoms with Crippen LogP contribution in [0.25, 0.3) is 5.69 Å². The third kappa shape index (κ3) is 1.52. The summed E-state index contributed by atoms with van der Waals surface area (Å²) < 4.78 is 6.61. The van der Waals surface area contributed by atoms with Gasteiger partial charge < -0.3 is 4.74 Å². The van der Waals surface area contributed by atoms with E-state index >= 15 is 0 Å². The summed E-state index contributed by atoms with van der Waals surface area (Å²) in [6, 6.07) is 7.85. The molecule has 5 heteroatoms. The lowest BCUT2D eigenvalue weighted by Crippen LogP contribution is -2.07. The van der Waals surface area contributed by atoms with E-state index in [1.807, 2.05) is 35.0 Å². The Bertz CT molecular complexity index is 643. The largest absolute Gasteiger partial charge is 0.464 e. The van der Waals surface area contributed by atoms with Gasteiger partial charge in [-0.3, -0.25) is 9.56 Å². The monoisotopic (exact) mass is 241 g/mol. The molecule has 2 heterocycles. The zero-order valence-electron chi connectivity index (χ0n) is 9.83. The number of carbonyl (C=O) groups excluding carboxylic acids is 1. The minimum absolute atomic E-state index is 0.325. The van der Waals surface area contributed by atoms with E-state index in [2.05, 4.69) is 9.98 Å². The summed E-state index contributed by atoms with van der Waals surface area (Å²) >= 11 is 0. The quantitative estimate of drug-likeness (QED) is 0.712. The summed E-state index contributed by atoms with van der Waals surface area (Å²) in [6.07, 6.45) is 3.44. The molecule has 90 valence electrons. The fourth-order valence-corrected chi connectivity index (χ4v) is 2.05. The zero-order valence-corrected chi connectivity index (χ0v) is 9.83. The molecule has 1 aliphatic heterocycles. The van der Waals surface area contributed by atoms with Crippen molar-refractivity contribution in [3.63, 3.8) is 0 Å². The van der Waals surface area contributed by atoms with Crippen LogP contribution >= 0.6 is 0 Å². The molecule has 0 N–H and O–H groups in total. The topological polar surface area (TPSA) is 56.5 Å². The first-order chi connectivity index (χ1) is 8.81. The third-order valence-corrected chi connectivity index (χ3v) is 2.91. The van der Waals surface area contributed by atoms with E-state index < -0.39 is 5.97 Å². The molecule has 5 nitrogen and oxygen atoms in total. The number of hydrogen-bond acceptors (Lipinski definition) is 4. The van der Waals surface area contributed by atoms with E-state index in [0.717, 1.165) is 16.9 Å². The minimum Gasteiger partial charge on any atom is -0.464 e. The fourth-order valence-electron chi connectivity index (χ4n) is 2.05. The van der Waals surface area contributed by atoms with Crippen LogP contribution in [0.1, 0.15) is 21.7 Å². The van der Waals surface area contributed by atoms with Gasteiger partial charge in [0.1, 0.15) is 6.33 Å². The van der Waals surface area contributed by atoms with E-state index in [1.165, 1.54) is 7.11 Å². The van der Waals surface area contributed by atoms with Gasteiger partial charge >= 0.3 is 5.97 Å². The van der Waals surface area contributed by atoms with Crippen molar-refractivity contribution in [3.05, 3.63) is 47.5 Å². The molecule has 1 aliphatic rings. The molecular weight excluding hydrogens is 230 g/mol. The maximum Gasteiger partial charge on any atom is 0.358 e. The average Bonchev–Trinajstić information content (AvgIpc) is 2.74. The van der Waals surface area contributed by atoms with Gasteiger partial charge in [0.25, 0.3) is 0 Å². The van der Waals surface area contributed by atoms with E-state index in [9.17, 15) is 4.79 Å². The summed E-state index contributed by atoms with van der Waals surface area (Å²) in [7, 11) is 1.35. The summed E-state index contributed by atoms with van der Waals surface area (Å²) in [6.45, 7) is 0.416. The fraction of sp³-hybridized carbons (Fsp3) is 0.154. The highest BCUT2D eigenvalue weighted by atomic mass is 16.5. The molecule has 3 rings (SSSR count). The summed E-state index contributed by atoms with van der Waals surface area (Å²) in [5, 5.41) is 0. The third-order valence-electron chi connectivity index (χ3n) is 2.91. The Morgan fingerprint density at radius 3 is 3.06 bits per heavy atom. The van der Waals surface area contributed by atoms with Gasteiger partial charge in [0.15, 0.2) is 5.69 Å². The lowest BCUT2D eigenvalue weighted by Gasteiger charge is -2.07. The van der Waals surface area contributed by atoms with E-state index in [-0.39, 0.29) is 0 Å². The van der Waals surface area contributed by atoms with Gasteiger partial charge in [0.05, 0.1) is 25.0 Å². The average molecular weight is 241 g/mol. The molecule has 0 fully saturated rings. The molecular formula is C13H11N3O2. The second-order valence-electron chi connectivity index (χ2n) is 3.93. The molecule has 2 aromatic rings. The van der Waals surface area contributed by atoms with Crippen molar-refractivity contribution in [2.45, 2.75) is 6.54 Å². The number of aromatic nitrogens is 2. The number of ether oxygens (including phenoxy) is 1. The van der Waals surface area contributed by atoms with Crippen LogP contribution in [0.4, 0.5) is 0 Å². The number of para-hydroxylation sites is 1. The Labute approximate surface area is 104 Å². The van der Waals surface area contributed by atoms with Crippen molar-refractivity contribution in [2.75, 3.05) is 7.11 Å². The minimum atomic E-state index is -0.432. The van der Waals surface area contributed by atoms with Gasteiger partial charge in [0.2, 0.25) is 0 Å². The number of esters is 1.